The lowest BCUT2D eigenvalue weighted by Crippen LogP contribution is -2.41. The van der Waals surface area contributed by atoms with Crippen LogP contribution in [0.4, 0.5) is 4.79 Å². The molecule has 1 amide bonds. The Hall–Kier alpha value is -2.01. The summed E-state index contributed by atoms with van der Waals surface area (Å²) < 4.78 is 32.6. The predicted molar refractivity (Wildman–Crippen MR) is 125 cm³/mol. The third-order valence-electron chi connectivity index (χ3n) is 5.53. The number of ether oxygens (including phenoxy) is 2. The second kappa shape index (κ2) is 10.5. The normalized spacial score (nSPS) is 22.2. The zero-order chi connectivity index (χ0) is 23.4. The van der Waals surface area contributed by atoms with Crippen molar-refractivity contribution in [1.82, 2.24) is 9.88 Å². The Kier molecular flexibility index (Phi) is 7.68. The monoisotopic (exact) mass is 494 g/mol. The van der Waals surface area contributed by atoms with E-state index in [1.165, 1.54) is 0 Å². The molecule has 10 heteroatoms. The Bertz CT molecular complexity index is 954. The number of piperidine rings is 1. The Labute approximate surface area is 201 Å². The van der Waals surface area contributed by atoms with E-state index in [1.807, 2.05) is 50.4 Å². The molecule has 0 radical (unpaired) electrons. The minimum atomic E-state index is -1.62. The number of nitrogens with zero attached hydrogens (tertiary/aromatic N) is 2. The first-order valence-electron chi connectivity index (χ1n) is 11.1. The molecule has 180 valence electrons. The molecule has 0 bridgehead atoms. The van der Waals surface area contributed by atoms with Crippen LogP contribution >= 0.6 is 11.3 Å². The van der Waals surface area contributed by atoms with Crippen molar-refractivity contribution in [3.05, 3.63) is 45.9 Å². The lowest BCUT2D eigenvalue weighted by atomic mass is 9.98. The van der Waals surface area contributed by atoms with Gasteiger partial charge in [-0.15, -0.1) is 11.3 Å². The maximum Gasteiger partial charge on any atom is 0.410 e. The lowest BCUT2D eigenvalue weighted by Gasteiger charge is -2.32. The molecule has 0 saturated carbocycles. The standard InChI is InChI=1S/C23H30N2O6S2/c1-23(2,3)31-22(26)25-10-8-17(9-11-25)21-24-19(15-32-21)14-28-20-6-4-16(5-7-20)18-12-29-33(27)30-13-18/h4-7,15,17-18H,8-14H2,1-3H3/t18-,33-. The van der Waals surface area contributed by atoms with Gasteiger partial charge in [0.1, 0.15) is 18.0 Å². The highest BCUT2D eigenvalue weighted by molar-refractivity contribution is 7.75. The molecule has 2 saturated heterocycles. The summed E-state index contributed by atoms with van der Waals surface area (Å²) in [6.45, 7) is 8.19. The summed E-state index contributed by atoms with van der Waals surface area (Å²) in [7, 11) is 0. The SMILES string of the molecule is CC(C)(C)OC(=O)N1CCC(c2nc(COc3ccc([C@H]4CO[S@](=O)OC4)cc3)cs2)CC1. The average Bonchev–Trinajstić information content (AvgIpc) is 3.27. The Balaban J connectivity index is 1.24. The Morgan fingerprint density at radius 2 is 1.82 bits per heavy atom. The van der Waals surface area contributed by atoms with Crippen LogP contribution < -0.4 is 4.74 Å². The van der Waals surface area contributed by atoms with Crippen molar-refractivity contribution in [3.63, 3.8) is 0 Å². The van der Waals surface area contributed by atoms with Gasteiger partial charge in [-0.2, -0.15) is 4.21 Å². The van der Waals surface area contributed by atoms with Crippen LogP contribution in [0.25, 0.3) is 0 Å². The number of hydrogen-bond acceptors (Lipinski definition) is 8. The minimum Gasteiger partial charge on any atom is -0.487 e. The molecule has 2 fully saturated rings. The molecule has 1 aromatic heterocycles. The fraction of sp³-hybridized carbons (Fsp3) is 0.565. The van der Waals surface area contributed by atoms with Crippen molar-refractivity contribution in [1.29, 1.82) is 0 Å². The van der Waals surface area contributed by atoms with E-state index in [1.54, 1.807) is 16.2 Å². The van der Waals surface area contributed by atoms with Crippen molar-refractivity contribution in [3.8, 4) is 5.75 Å². The number of amides is 1. The third kappa shape index (κ3) is 6.75. The number of carbonyl (C=O) groups is 1. The molecule has 0 atom stereocenters. The van der Waals surface area contributed by atoms with Crippen LogP contribution in [0.2, 0.25) is 0 Å². The number of benzene rings is 1. The number of thiazole rings is 1. The first-order valence-corrected chi connectivity index (χ1v) is 13.0. The minimum absolute atomic E-state index is 0.0691. The average molecular weight is 495 g/mol. The Morgan fingerprint density at radius 1 is 1.15 bits per heavy atom. The number of rotatable bonds is 5. The molecule has 1 aromatic carbocycles. The molecule has 0 N–H and O–H groups in total. The van der Waals surface area contributed by atoms with Gasteiger partial charge in [0.15, 0.2) is 0 Å². The van der Waals surface area contributed by atoms with Gasteiger partial charge in [-0.05, 0) is 51.3 Å². The van der Waals surface area contributed by atoms with Crippen molar-refractivity contribution in [2.75, 3.05) is 26.3 Å². The summed E-state index contributed by atoms with van der Waals surface area (Å²) in [6.07, 6.45) is 1.53. The van der Waals surface area contributed by atoms with Gasteiger partial charge in [0.25, 0.3) is 0 Å². The van der Waals surface area contributed by atoms with Gasteiger partial charge >= 0.3 is 17.5 Å². The topological polar surface area (TPSA) is 87.2 Å². The summed E-state index contributed by atoms with van der Waals surface area (Å²) >= 11 is 0.0288. The van der Waals surface area contributed by atoms with Crippen molar-refractivity contribution in [2.45, 2.75) is 57.7 Å². The molecule has 2 aliphatic rings. The molecule has 0 spiro atoms. The summed E-state index contributed by atoms with van der Waals surface area (Å²) in [4.78, 5) is 18.8. The van der Waals surface area contributed by atoms with Gasteiger partial charge in [0, 0.05) is 30.3 Å². The smallest absolute Gasteiger partial charge is 0.410 e. The van der Waals surface area contributed by atoms with Crippen molar-refractivity contribution < 1.29 is 26.8 Å². The summed E-state index contributed by atoms with van der Waals surface area (Å²) in [5.41, 5.74) is 1.50. The van der Waals surface area contributed by atoms with E-state index in [4.69, 9.17) is 22.8 Å². The van der Waals surface area contributed by atoms with Crippen LogP contribution in [0.5, 0.6) is 5.75 Å². The van der Waals surface area contributed by atoms with Crippen molar-refractivity contribution in [2.24, 2.45) is 0 Å². The van der Waals surface area contributed by atoms with E-state index in [-0.39, 0.29) is 12.0 Å². The van der Waals surface area contributed by atoms with Gasteiger partial charge in [0.2, 0.25) is 0 Å². The van der Waals surface area contributed by atoms with Crippen molar-refractivity contribution >= 4 is 28.8 Å². The first-order chi connectivity index (χ1) is 15.8. The largest absolute Gasteiger partial charge is 0.487 e. The van der Waals surface area contributed by atoms with Gasteiger partial charge < -0.3 is 14.4 Å². The zero-order valence-electron chi connectivity index (χ0n) is 19.2. The number of likely N-dealkylation sites (tertiary alicyclic amines) is 1. The van der Waals surface area contributed by atoms with E-state index in [2.05, 4.69) is 0 Å². The molecule has 2 aliphatic heterocycles. The second-order valence-electron chi connectivity index (χ2n) is 9.25. The molecule has 0 aliphatic carbocycles. The van der Waals surface area contributed by atoms with Crippen LogP contribution in [0.15, 0.2) is 29.6 Å². The quantitative estimate of drug-likeness (QED) is 0.603. The van der Waals surface area contributed by atoms with Gasteiger partial charge in [-0.3, -0.25) is 8.37 Å². The highest BCUT2D eigenvalue weighted by atomic mass is 32.2. The first kappa shape index (κ1) is 24.1. The van der Waals surface area contributed by atoms with Crippen LogP contribution in [0, 0.1) is 0 Å². The van der Waals surface area contributed by atoms with Crippen LogP contribution in [0.1, 0.15) is 61.7 Å². The molecule has 3 heterocycles. The molecule has 4 rings (SSSR count). The zero-order valence-corrected chi connectivity index (χ0v) is 20.8. The maximum absolute atomic E-state index is 12.3. The van der Waals surface area contributed by atoms with Crippen LogP contribution in [-0.2, 0) is 31.1 Å². The number of hydrogen-bond donors (Lipinski definition) is 0. The van der Waals surface area contributed by atoms with Gasteiger partial charge in [-0.25, -0.2) is 9.78 Å². The van der Waals surface area contributed by atoms with Crippen LogP contribution in [-0.4, -0.2) is 52.1 Å². The van der Waals surface area contributed by atoms with E-state index in [0.29, 0.717) is 38.8 Å². The maximum atomic E-state index is 12.3. The third-order valence-corrected chi connectivity index (χ3v) is 7.25. The number of carbonyl (C=O) groups excluding carboxylic acids is 1. The summed E-state index contributed by atoms with van der Waals surface area (Å²) in [5, 5.41) is 3.14. The molecule has 33 heavy (non-hydrogen) atoms. The summed E-state index contributed by atoms with van der Waals surface area (Å²) in [6, 6.07) is 7.79. The van der Waals surface area contributed by atoms with Crippen LogP contribution in [0.3, 0.4) is 0 Å². The predicted octanol–water partition coefficient (Wildman–Crippen LogP) is 4.55. The molecular formula is C23H30N2O6S2. The Morgan fingerprint density at radius 3 is 2.45 bits per heavy atom. The molecular weight excluding hydrogens is 464 g/mol. The van der Waals surface area contributed by atoms with Gasteiger partial charge in [0.05, 0.1) is 23.9 Å². The van der Waals surface area contributed by atoms with E-state index < -0.39 is 17.0 Å². The molecule has 8 nitrogen and oxygen atoms in total. The molecule has 0 unspecified atom stereocenters. The fourth-order valence-corrected chi connectivity index (χ4v) is 5.35. The molecule has 2 aromatic rings. The van der Waals surface area contributed by atoms with E-state index in [0.717, 1.165) is 34.9 Å². The fourth-order valence-electron chi connectivity index (χ4n) is 3.76. The lowest BCUT2D eigenvalue weighted by molar-refractivity contribution is 0.0204. The number of aromatic nitrogens is 1. The van der Waals surface area contributed by atoms with E-state index >= 15 is 0 Å². The highest BCUT2D eigenvalue weighted by Gasteiger charge is 2.28. The summed E-state index contributed by atoms with van der Waals surface area (Å²) in [5.74, 6) is 1.19. The second-order valence-corrected chi connectivity index (χ2v) is 11.0. The van der Waals surface area contributed by atoms with Gasteiger partial charge in [-0.1, -0.05) is 12.1 Å². The van der Waals surface area contributed by atoms with E-state index in [9.17, 15) is 9.00 Å². The highest BCUT2D eigenvalue weighted by Crippen LogP contribution is 2.31.